The number of hydrogen-bond donors (Lipinski definition) is 0. The summed E-state index contributed by atoms with van der Waals surface area (Å²) in [5.74, 6) is -0.593. The Kier molecular flexibility index (Phi) is 8.05. The Balaban J connectivity index is 1.57. The van der Waals surface area contributed by atoms with Gasteiger partial charge in [0.25, 0.3) is 0 Å². The molecule has 5 nitrogen and oxygen atoms in total. The van der Waals surface area contributed by atoms with Crippen LogP contribution in [0.4, 0.5) is 5.69 Å². The first kappa shape index (κ1) is 23.8. The number of ether oxygens (including phenoxy) is 3. The van der Waals surface area contributed by atoms with Crippen molar-refractivity contribution in [3.05, 3.63) is 65.2 Å². The van der Waals surface area contributed by atoms with E-state index in [4.69, 9.17) is 14.2 Å². The maximum absolute atomic E-state index is 11.8. The van der Waals surface area contributed by atoms with Gasteiger partial charge in [0.05, 0.1) is 25.9 Å². The molecule has 2 saturated heterocycles. The second-order valence-electron chi connectivity index (χ2n) is 9.27. The Hall–Kier alpha value is -2.37. The molecule has 0 aliphatic carbocycles. The van der Waals surface area contributed by atoms with Crippen molar-refractivity contribution in [2.24, 2.45) is 0 Å². The van der Waals surface area contributed by atoms with Crippen LogP contribution in [0.25, 0.3) is 0 Å². The largest absolute Gasteiger partial charge is 0.465 e. The minimum atomic E-state index is -0.637. The van der Waals surface area contributed by atoms with Crippen LogP contribution in [-0.2, 0) is 20.6 Å². The van der Waals surface area contributed by atoms with Crippen LogP contribution in [0.15, 0.2) is 48.5 Å². The Morgan fingerprint density at radius 2 is 1.73 bits per heavy atom. The summed E-state index contributed by atoms with van der Waals surface area (Å²) in [5.41, 5.74) is 4.46. The zero-order valence-corrected chi connectivity index (χ0v) is 20.1. The van der Waals surface area contributed by atoms with Crippen LogP contribution >= 0.6 is 0 Å². The number of para-hydroxylation sites is 1. The minimum absolute atomic E-state index is 0.318. The topological polar surface area (TPSA) is 48.0 Å². The van der Waals surface area contributed by atoms with Gasteiger partial charge in [-0.1, -0.05) is 43.7 Å². The first-order valence-corrected chi connectivity index (χ1v) is 12.4. The number of nitrogens with zero attached hydrogens (tertiary/aromatic N) is 1. The smallest absolute Gasteiger partial charge is 0.337 e. The van der Waals surface area contributed by atoms with Crippen LogP contribution in [0.3, 0.4) is 0 Å². The van der Waals surface area contributed by atoms with E-state index in [2.05, 4.69) is 36.1 Å². The summed E-state index contributed by atoms with van der Waals surface area (Å²) < 4.78 is 17.4. The first-order valence-electron chi connectivity index (χ1n) is 12.4. The molecule has 2 aromatic carbocycles. The lowest BCUT2D eigenvalue weighted by Crippen LogP contribution is -2.36. The average Bonchev–Trinajstić information content (AvgIpc) is 3.32. The van der Waals surface area contributed by atoms with Gasteiger partial charge in [0, 0.05) is 31.6 Å². The molecule has 0 N–H and O–H groups in total. The first-order chi connectivity index (χ1) is 16.1. The van der Waals surface area contributed by atoms with Crippen molar-refractivity contribution in [2.75, 3.05) is 38.3 Å². The number of piperidine rings is 1. The number of benzene rings is 2. The lowest BCUT2D eigenvalue weighted by atomic mass is 9.84. The zero-order valence-electron chi connectivity index (χ0n) is 20.1. The number of hydrogen-bond acceptors (Lipinski definition) is 5. The van der Waals surface area contributed by atoms with Gasteiger partial charge in [-0.15, -0.1) is 0 Å². The van der Waals surface area contributed by atoms with E-state index in [0.717, 1.165) is 37.9 Å². The zero-order chi connectivity index (χ0) is 23.1. The van der Waals surface area contributed by atoms with E-state index in [-0.39, 0.29) is 5.97 Å². The van der Waals surface area contributed by atoms with Gasteiger partial charge < -0.3 is 19.1 Å². The highest BCUT2D eigenvalue weighted by molar-refractivity contribution is 5.89. The molecule has 2 heterocycles. The molecule has 0 aromatic heterocycles. The van der Waals surface area contributed by atoms with E-state index in [1.165, 1.54) is 37.6 Å². The van der Waals surface area contributed by atoms with Gasteiger partial charge in [-0.25, -0.2) is 4.79 Å². The van der Waals surface area contributed by atoms with Crippen molar-refractivity contribution in [3.63, 3.8) is 0 Å². The molecule has 2 aromatic rings. The standard InChI is InChI=1S/C28H37NO4/c1-3-9-24(25-10-5-6-11-26(25)29-16-7-4-8-17-29)21-28(32-18-19-33-28)20-22-12-14-23(15-13-22)27(30)31-2/h5-6,10-15,24H,3-4,7-9,16-21H2,1-2H3. The molecule has 4 rings (SSSR count). The number of rotatable bonds is 9. The highest BCUT2D eigenvalue weighted by atomic mass is 16.7. The van der Waals surface area contributed by atoms with Gasteiger partial charge in [0.2, 0.25) is 0 Å². The van der Waals surface area contributed by atoms with Gasteiger partial charge in [0.1, 0.15) is 0 Å². The molecule has 0 radical (unpaired) electrons. The fourth-order valence-corrected chi connectivity index (χ4v) is 5.32. The van der Waals surface area contributed by atoms with E-state index in [1.807, 2.05) is 24.3 Å². The Morgan fingerprint density at radius 1 is 1.03 bits per heavy atom. The lowest BCUT2D eigenvalue weighted by molar-refractivity contribution is -0.164. The average molecular weight is 452 g/mol. The second kappa shape index (κ2) is 11.2. The fourth-order valence-electron chi connectivity index (χ4n) is 5.32. The summed E-state index contributed by atoms with van der Waals surface area (Å²) in [7, 11) is 1.40. The molecular weight excluding hydrogens is 414 g/mol. The Labute approximate surface area is 198 Å². The summed E-state index contributed by atoms with van der Waals surface area (Å²) in [6, 6.07) is 16.5. The van der Waals surface area contributed by atoms with E-state index < -0.39 is 5.79 Å². The van der Waals surface area contributed by atoms with Crippen molar-refractivity contribution >= 4 is 11.7 Å². The lowest BCUT2D eigenvalue weighted by Gasteiger charge is -2.36. The summed E-state index contributed by atoms with van der Waals surface area (Å²) in [5, 5.41) is 0. The Morgan fingerprint density at radius 3 is 2.39 bits per heavy atom. The molecule has 0 bridgehead atoms. The highest BCUT2D eigenvalue weighted by Gasteiger charge is 2.40. The van der Waals surface area contributed by atoms with E-state index in [1.54, 1.807) is 0 Å². The molecule has 0 saturated carbocycles. The molecular formula is C28H37NO4. The molecule has 178 valence electrons. The quantitative estimate of drug-likeness (QED) is 0.456. The van der Waals surface area contributed by atoms with E-state index in [0.29, 0.717) is 31.1 Å². The van der Waals surface area contributed by atoms with Crippen LogP contribution in [0, 0.1) is 0 Å². The van der Waals surface area contributed by atoms with Crippen LogP contribution in [0.2, 0.25) is 0 Å². The van der Waals surface area contributed by atoms with E-state index in [9.17, 15) is 4.79 Å². The van der Waals surface area contributed by atoms with Crippen LogP contribution in [0.5, 0.6) is 0 Å². The van der Waals surface area contributed by atoms with Gasteiger partial charge in [-0.3, -0.25) is 0 Å². The van der Waals surface area contributed by atoms with Gasteiger partial charge in [0.15, 0.2) is 5.79 Å². The molecule has 2 aliphatic rings. The van der Waals surface area contributed by atoms with Crippen LogP contribution in [-0.4, -0.2) is 45.2 Å². The van der Waals surface area contributed by atoms with Crippen molar-refractivity contribution in [2.45, 2.75) is 63.6 Å². The number of carbonyl (C=O) groups is 1. The molecule has 1 atom stereocenters. The second-order valence-corrected chi connectivity index (χ2v) is 9.27. The van der Waals surface area contributed by atoms with Crippen molar-refractivity contribution in [3.8, 4) is 0 Å². The van der Waals surface area contributed by atoms with Gasteiger partial charge in [-0.05, 0) is 60.9 Å². The SMILES string of the molecule is CCCC(CC1(Cc2ccc(C(=O)OC)cc2)OCCO1)c1ccccc1N1CCCCC1. The Bertz CT molecular complexity index is 898. The molecule has 33 heavy (non-hydrogen) atoms. The summed E-state index contributed by atoms with van der Waals surface area (Å²) in [6.45, 7) is 5.77. The maximum atomic E-state index is 11.8. The molecule has 0 spiro atoms. The third-order valence-corrected chi connectivity index (χ3v) is 6.93. The molecule has 0 amide bonds. The van der Waals surface area contributed by atoms with Crippen molar-refractivity contribution < 1.29 is 19.0 Å². The third kappa shape index (κ3) is 5.77. The number of methoxy groups -OCH3 is 1. The number of anilines is 1. The van der Waals surface area contributed by atoms with E-state index >= 15 is 0 Å². The predicted molar refractivity (Wildman–Crippen MR) is 131 cm³/mol. The fraction of sp³-hybridized carbons (Fsp3) is 0.536. The predicted octanol–water partition coefficient (Wildman–Crippen LogP) is 5.72. The summed E-state index contributed by atoms with van der Waals surface area (Å²) in [4.78, 5) is 14.4. The minimum Gasteiger partial charge on any atom is -0.465 e. The normalized spacial score (nSPS) is 18.8. The van der Waals surface area contributed by atoms with Crippen LogP contribution in [0.1, 0.15) is 72.9 Å². The molecule has 2 aliphatic heterocycles. The third-order valence-electron chi connectivity index (χ3n) is 6.93. The van der Waals surface area contributed by atoms with Crippen molar-refractivity contribution in [1.29, 1.82) is 0 Å². The molecule has 5 heteroatoms. The molecule has 2 fully saturated rings. The highest BCUT2D eigenvalue weighted by Crippen LogP contribution is 2.41. The summed E-state index contributed by atoms with van der Waals surface area (Å²) >= 11 is 0. The molecule has 1 unspecified atom stereocenters. The summed E-state index contributed by atoms with van der Waals surface area (Å²) in [6.07, 6.45) is 7.57. The van der Waals surface area contributed by atoms with Gasteiger partial charge in [-0.2, -0.15) is 0 Å². The van der Waals surface area contributed by atoms with Crippen LogP contribution < -0.4 is 4.90 Å². The maximum Gasteiger partial charge on any atom is 0.337 e. The van der Waals surface area contributed by atoms with Gasteiger partial charge >= 0.3 is 5.97 Å². The monoisotopic (exact) mass is 451 g/mol. The number of carbonyl (C=O) groups excluding carboxylic acids is 1. The number of esters is 1. The van der Waals surface area contributed by atoms with Crippen molar-refractivity contribution in [1.82, 2.24) is 0 Å².